The summed E-state index contributed by atoms with van der Waals surface area (Å²) in [4.78, 5) is 24.0. The molecular weight excluding hydrogens is 248 g/mol. The largest absolute Gasteiger partial charge is 0.479 e. The molecule has 2 heterocycles. The van der Waals surface area contributed by atoms with E-state index in [0.29, 0.717) is 17.9 Å². The average molecular weight is 264 g/mol. The first kappa shape index (κ1) is 13.1. The number of rotatable bonds is 3. The molecule has 3 nitrogen and oxygen atoms in total. The third kappa shape index (κ3) is 2.29. The summed E-state index contributed by atoms with van der Waals surface area (Å²) >= 11 is 1.20. The van der Waals surface area contributed by atoms with Crippen molar-refractivity contribution in [3.05, 3.63) is 35.6 Å². The number of Topliss-reactive ketones (excluding diaryl/α,β-unsaturated/α-hetero) is 1. The van der Waals surface area contributed by atoms with E-state index in [1.807, 2.05) is 19.1 Å². The standard InChI is InChI=1S/C14H16O3S/c1-3-4-5-6-8-14(2)12(15)11-10(17-14)7-9-18-13(11)16/h4-6,8H,3,7,9H2,1-2H3/b5-4+,8-6+/t14-/m1/s1. The molecule has 1 atom stereocenters. The van der Waals surface area contributed by atoms with E-state index in [-0.39, 0.29) is 16.5 Å². The normalized spacial score (nSPS) is 28.3. The Morgan fingerprint density at radius 2 is 2.17 bits per heavy atom. The number of carbonyl (C=O) groups excluding carboxylic acids is 2. The molecule has 0 saturated heterocycles. The molecule has 96 valence electrons. The van der Waals surface area contributed by atoms with Crippen molar-refractivity contribution in [2.75, 3.05) is 5.75 Å². The molecule has 0 amide bonds. The predicted molar refractivity (Wildman–Crippen MR) is 72.2 cm³/mol. The van der Waals surface area contributed by atoms with Crippen LogP contribution in [0.3, 0.4) is 0 Å². The molecule has 0 saturated carbocycles. The Labute approximate surface area is 111 Å². The maximum Gasteiger partial charge on any atom is 0.226 e. The van der Waals surface area contributed by atoms with Gasteiger partial charge in [-0.1, -0.05) is 36.9 Å². The van der Waals surface area contributed by atoms with Crippen LogP contribution in [0.4, 0.5) is 0 Å². The molecule has 0 bridgehead atoms. The molecule has 0 aliphatic carbocycles. The minimum absolute atomic E-state index is 0.150. The average Bonchev–Trinajstić information content (AvgIpc) is 2.59. The first-order valence-corrected chi connectivity index (χ1v) is 7.05. The molecule has 0 N–H and O–H groups in total. The summed E-state index contributed by atoms with van der Waals surface area (Å²) in [5.74, 6) is 1.05. The van der Waals surface area contributed by atoms with Crippen molar-refractivity contribution in [1.29, 1.82) is 0 Å². The Hall–Kier alpha value is -1.29. The molecule has 0 aromatic rings. The second-order valence-electron chi connectivity index (χ2n) is 4.42. The lowest BCUT2D eigenvalue weighted by molar-refractivity contribution is -0.126. The summed E-state index contributed by atoms with van der Waals surface area (Å²) in [7, 11) is 0. The zero-order valence-corrected chi connectivity index (χ0v) is 11.4. The van der Waals surface area contributed by atoms with Gasteiger partial charge in [0.1, 0.15) is 11.3 Å². The van der Waals surface area contributed by atoms with Crippen LogP contribution in [0.15, 0.2) is 35.6 Å². The van der Waals surface area contributed by atoms with Gasteiger partial charge in [-0.2, -0.15) is 0 Å². The summed E-state index contributed by atoms with van der Waals surface area (Å²) in [6.07, 6.45) is 9.00. The van der Waals surface area contributed by atoms with Gasteiger partial charge in [-0.25, -0.2) is 0 Å². The molecule has 2 aliphatic rings. The molecule has 0 spiro atoms. The molecule has 0 fully saturated rings. The lowest BCUT2D eigenvalue weighted by atomic mass is 9.96. The van der Waals surface area contributed by atoms with E-state index in [4.69, 9.17) is 4.74 Å². The molecule has 0 radical (unpaired) electrons. The van der Waals surface area contributed by atoms with Crippen molar-refractivity contribution >= 4 is 22.7 Å². The van der Waals surface area contributed by atoms with Gasteiger partial charge in [-0.15, -0.1) is 0 Å². The molecule has 2 rings (SSSR count). The molecule has 18 heavy (non-hydrogen) atoms. The van der Waals surface area contributed by atoms with Gasteiger partial charge in [0, 0.05) is 12.2 Å². The van der Waals surface area contributed by atoms with Crippen LogP contribution in [0.2, 0.25) is 0 Å². The number of hydrogen-bond acceptors (Lipinski definition) is 4. The molecule has 0 aromatic heterocycles. The number of allylic oxidation sites excluding steroid dienone is 4. The van der Waals surface area contributed by atoms with Crippen LogP contribution < -0.4 is 0 Å². The predicted octanol–water partition coefficient (Wildman–Crippen LogP) is 2.78. The van der Waals surface area contributed by atoms with Gasteiger partial charge in [0.15, 0.2) is 5.60 Å². The smallest absolute Gasteiger partial charge is 0.226 e. The lowest BCUT2D eigenvalue weighted by Gasteiger charge is -2.19. The zero-order chi connectivity index (χ0) is 13.2. The highest BCUT2D eigenvalue weighted by Gasteiger charge is 2.47. The molecule has 0 aromatic carbocycles. The third-order valence-electron chi connectivity index (χ3n) is 2.96. The van der Waals surface area contributed by atoms with Crippen molar-refractivity contribution in [2.45, 2.75) is 32.3 Å². The van der Waals surface area contributed by atoms with E-state index in [0.717, 1.165) is 6.42 Å². The highest BCUT2D eigenvalue weighted by atomic mass is 32.2. The van der Waals surface area contributed by atoms with Crippen LogP contribution in [0.25, 0.3) is 0 Å². The van der Waals surface area contributed by atoms with Gasteiger partial charge in [0.05, 0.1) is 0 Å². The number of ether oxygens (including phenoxy) is 1. The Bertz CT molecular complexity index is 473. The van der Waals surface area contributed by atoms with Crippen LogP contribution in [0, 0.1) is 0 Å². The Morgan fingerprint density at radius 1 is 1.39 bits per heavy atom. The van der Waals surface area contributed by atoms with E-state index in [1.54, 1.807) is 19.1 Å². The van der Waals surface area contributed by atoms with E-state index in [9.17, 15) is 9.59 Å². The first-order chi connectivity index (χ1) is 8.58. The number of ketones is 1. The number of thioether (sulfide) groups is 1. The third-order valence-corrected chi connectivity index (χ3v) is 3.83. The monoisotopic (exact) mass is 264 g/mol. The van der Waals surface area contributed by atoms with Crippen LogP contribution in [0.1, 0.15) is 26.7 Å². The Balaban J connectivity index is 2.20. The summed E-state index contributed by atoms with van der Waals surface area (Å²) < 4.78 is 5.69. The number of hydrogen-bond donors (Lipinski definition) is 0. The molecule has 0 unspecified atom stereocenters. The van der Waals surface area contributed by atoms with Crippen LogP contribution in [0.5, 0.6) is 0 Å². The molecule has 2 aliphatic heterocycles. The van der Waals surface area contributed by atoms with Crippen LogP contribution in [-0.2, 0) is 14.3 Å². The van der Waals surface area contributed by atoms with Crippen molar-refractivity contribution in [1.82, 2.24) is 0 Å². The van der Waals surface area contributed by atoms with Crippen molar-refractivity contribution in [2.24, 2.45) is 0 Å². The van der Waals surface area contributed by atoms with Gasteiger partial charge in [-0.3, -0.25) is 9.59 Å². The molecule has 4 heteroatoms. The minimum atomic E-state index is -1.01. The highest BCUT2D eigenvalue weighted by molar-refractivity contribution is 8.14. The summed E-state index contributed by atoms with van der Waals surface area (Å²) in [6.45, 7) is 3.75. The van der Waals surface area contributed by atoms with E-state index in [2.05, 4.69) is 0 Å². The van der Waals surface area contributed by atoms with Gasteiger partial charge < -0.3 is 4.74 Å². The van der Waals surface area contributed by atoms with E-state index < -0.39 is 5.60 Å². The fourth-order valence-electron chi connectivity index (χ4n) is 1.98. The van der Waals surface area contributed by atoms with Gasteiger partial charge >= 0.3 is 0 Å². The van der Waals surface area contributed by atoms with Crippen LogP contribution in [-0.4, -0.2) is 22.3 Å². The van der Waals surface area contributed by atoms with Gasteiger partial charge in [0.2, 0.25) is 10.9 Å². The maximum absolute atomic E-state index is 12.2. The summed E-state index contributed by atoms with van der Waals surface area (Å²) in [6, 6.07) is 0. The van der Waals surface area contributed by atoms with Gasteiger partial charge in [-0.05, 0) is 19.4 Å². The Kier molecular flexibility index (Phi) is 3.76. The quantitative estimate of drug-likeness (QED) is 0.580. The second kappa shape index (κ2) is 5.14. The van der Waals surface area contributed by atoms with Crippen molar-refractivity contribution < 1.29 is 14.3 Å². The first-order valence-electron chi connectivity index (χ1n) is 6.07. The molecular formula is C14H16O3S. The van der Waals surface area contributed by atoms with Gasteiger partial charge in [0.25, 0.3) is 0 Å². The zero-order valence-electron chi connectivity index (χ0n) is 10.6. The topological polar surface area (TPSA) is 43.4 Å². The van der Waals surface area contributed by atoms with E-state index >= 15 is 0 Å². The van der Waals surface area contributed by atoms with Crippen molar-refractivity contribution in [3.8, 4) is 0 Å². The maximum atomic E-state index is 12.2. The lowest BCUT2D eigenvalue weighted by Crippen LogP contribution is -2.32. The summed E-state index contributed by atoms with van der Waals surface area (Å²) in [5.41, 5.74) is -0.749. The van der Waals surface area contributed by atoms with Crippen molar-refractivity contribution in [3.63, 3.8) is 0 Å². The fourth-order valence-corrected chi connectivity index (χ4v) is 2.81. The fraction of sp³-hybridized carbons (Fsp3) is 0.429. The van der Waals surface area contributed by atoms with E-state index in [1.165, 1.54) is 11.8 Å². The Morgan fingerprint density at radius 3 is 2.83 bits per heavy atom. The number of carbonyl (C=O) groups is 2. The van der Waals surface area contributed by atoms with Crippen LogP contribution >= 0.6 is 11.8 Å². The minimum Gasteiger partial charge on any atom is -0.479 e. The highest BCUT2D eigenvalue weighted by Crippen LogP contribution is 2.39. The SMILES string of the molecule is CC/C=C/C=C/[C@@]1(C)OC2=C(C(=O)SCC2)C1=O. The summed E-state index contributed by atoms with van der Waals surface area (Å²) in [5, 5.41) is -0.150. The second-order valence-corrected chi connectivity index (χ2v) is 5.49.